The van der Waals surface area contributed by atoms with Gasteiger partial charge in [0.25, 0.3) is 0 Å². The molecule has 0 bridgehead atoms. The summed E-state index contributed by atoms with van der Waals surface area (Å²) in [6, 6.07) is 3.72. The van der Waals surface area contributed by atoms with E-state index in [0.29, 0.717) is 25.2 Å². The number of rotatable bonds is 7. The monoisotopic (exact) mass is 284 g/mol. The molecule has 1 N–H and O–H groups in total. The van der Waals surface area contributed by atoms with E-state index in [1.165, 1.54) is 6.07 Å². The van der Waals surface area contributed by atoms with E-state index >= 15 is 0 Å². The second-order valence-electron chi connectivity index (χ2n) is 4.61. The van der Waals surface area contributed by atoms with Gasteiger partial charge in [-0.25, -0.2) is 0 Å². The number of nitro benzene ring substituents is 1. The van der Waals surface area contributed by atoms with Crippen molar-refractivity contribution in [2.24, 2.45) is 5.92 Å². The summed E-state index contributed by atoms with van der Waals surface area (Å²) in [4.78, 5) is 22.4. The van der Waals surface area contributed by atoms with Crippen molar-refractivity contribution in [1.29, 1.82) is 0 Å². The molecule has 0 heterocycles. The quantitative estimate of drug-likeness (QED) is 0.613. The standard InChI is InChI=1S/C13H17FN2O4/c1-3-15(7-9(2)13(17)18)8-10-4-5-12(16(19)20)11(14)6-10/h4-6,9H,3,7-8H2,1-2H3,(H,17,18). The normalized spacial score (nSPS) is 12.4. The van der Waals surface area contributed by atoms with E-state index in [2.05, 4.69) is 0 Å². The van der Waals surface area contributed by atoms with Crippen molar-refractivity contribution >= 4 is 11.7 Å². The molecule has 1 aromatic carbocycles. The molecule has 0 spiro atoms. The van der Waals surface area contributed by atoms with Crippen LogP contribution in [0.3, 0.4) is 0 Å². The molecule has 0 aliphatic rings. The minimum absolute atomic E-state index is 0.338. The lowest BCUT2D eigenvalue weighted by Crippen LogP contribution is -2.31. The van der Waals surface area contributed by atoms with Gasteiger partial charge in [0.2, 0.25) is 5.82 Å². The average molecular weight is 284 g/mol. The van der Waals surface area contributed by atoms with Crippen LogP contribution in [0, 0.1) is 21.8 Å². The first-order valence-electron chi connectivity index (χ1n) is 6.23. The van der Waals surface area contributed by atoms with Crippen LogP contribution in [0.15, 0.2) is 18.2 Å². The predicted molar refractivity (Wildman–Crippen MR) is 70.8 cm³/mol. The summed E-state index contributed by atoms with van der Waals surface area (Å²) in [6.45, 7) is 4.77. The molecule has 0 fully saturated rings. The molecule has 1 unspecified atom stereocenters. The summed E-state index contributed by atoms with van der Waals surface area (Å²) in [5.74, 6) is -2.30. The molecule has 1 aromatic rings. The van der Waals surface area contributed by atoms with Crippen molar-refractivity contribution < 1.29 is 19.2 Å². The Kier molecular flexibility index (Phi) is 5.57. The lowest BCUT2D eigenvalue weighted by molar-refractivity contribution is -0.387. The number of carbonyl (C=O) groups is 1. The molecule has 110 valence electrons. The van der Waals surface area contributed by atoms with Gasteiger partial charge in [0.15, 0.2) is 0 Å². The van der Waals surface area contributed by atoms with Crippen molar-refractivity contribution in [3.8, 4) is 0 Å². The second-order valence-corrected chi connectivity index (χ2v) is 4.61. The van der Waals surface area contributed by atoms with Crippen molar-refractivity contribution in [3.05, 3.63) is 39.7 Å². The van der Waals surface area contributed by atoms with Crippen LogP contribution in [0.1, 0.15) is 19.4 Å². The van der Waals surface area contributed by atoms with Crippen LogP contribution in [0.25, 0.3) is 0 Å². The number of hydrogen-bond donors (Lipinski definition) is 1. The maximum atomic E-state index is 13.5. The highest BCUT2D eigenvalue weighted by Gasteiger charge is 2.17. The van der Waals surface area contributed by atoms with E-state index in [1.807, 2.05) is 11.8 Å². The topological polar surface area (TPSA) is 83.7 Å². The third kappa shape index (κ3) is 4.27. The molecule has 0 saturated heterocycles. The Bertz CT molecular complexity index is 507. The number of nitro groups is 1. The largest absolute Gasteiger partial charge is 0.481 e. The molecular formula is C13H17FN2O4. The van der Waals surface area contributed by atoms with E-state index in [0.717, 1.165) is 12.1 Å². The predicted octanol–water partition coefficient (Wildman–Crippen LogP) is 2.28. The van der Waals surface area contributed by atoms with E-state index in [4.69, 9.17) is 5.11 Å². The summed E-state index contributed by atoms with van der Waals surface area (Å²) in [5, 5.41) is 19.4. The Labute approximate surface area is 116 Å². The van der Waals surface area contributed by atoms with Gasteiger partial charge in [0.1, 0.15) is 0 Å². The molecule has 0 aromatic heterocycles. The molecule has 0 saturated carbocycles. The van der Waals surface area contributed by atoms with Crippen LogP contribution in [0.4, 0.5) is 10.1 Å². The zero-order valence-electron chi connectivity index (χ0n) is 11.4. The molecule has 0 aliphatic heterocycles. The van der Waals surface area contributed by atoms with Gasteiger partial charge < -0.3 is 5.11 Å². The molecule has 0 aliphatic carbocycles. The Morgan fingerprint density at radius 2 is 2.20 bits per heavy atom. The maximum absolute atomic E-state index is 13.5. The van der Waals surface area contributed by atoms with Crippen LogP contribution in [0.5, 0.6) is 0 Å². The van der Waals surface area contributed by atoms with Crippen LogP contribution < -0.4 is 0 Å². The van der Waals surface area contributed by atoms with Crippen molar-refractivity contribution in [1.82, 2.24) is 4.90 Å². The number of aliphatic carboxylic acids is 1. The molecule has 1 atom stereocenters. The van der Waals surface area contributed by atoms with Gasteiger partial charge in [-0.2, -0.15) is 4.39 Å². The summed E-state index contributed by atoms with van der Waals surface area (Å²) < 4.78 is 13.5. The van der Waals surface area contributed by atoms with Crippen LogP contribution in [0.2, 0.25) is 0 Å². The molecule has 6 nitrogen and oxygen atoms in total. The zero-order chi connectivity index (χ0) is 15.3. The second kappa shape index (κ2) is 6.95. The first-order chi connectivity index (χ1) is 9.35. The molecule has 0 radical (unpaired) electrons. The van der Waals surface area contributed by atoms with Gasteiger partial charge >= 0.3 is 11.7 Å². The molecule has 7 heteroatoms. The fourth-order valence-corrected chi connectivity index (χ4v) is 1.83. The number of hydrogen-bond acceptors (Lipinski definition) is 4. The van der Waals surface area contributed by atoms with Crippen molar-refractivity contribution in [2.75, 3.05) is 13.1 Å². The fourth-order valence-electron chi connectivity index (χ4n) is 1.83. The average Bonchev–Trinajstić information content (AvgIpc) is 2.37. The Morgan fingerprint density at radius 1 is 1.55 bits per heavy atom. The van der Waals surface area contributed by atoms with E-state index in [1.54, 1.807) is 6.92 Å². The van der Waals surface area contributed by atoms with E-state index < -0.39 is 28.3 Å². The smallest absolute Gasteiger partial charge is 0.307 e. The van der Waals surface area contributed by atoms with Crippen LogP contribution >= 0.6 is 0 Å². The van der Waals surface area contributed by atoms with Crippen LogP contribution in [-0.2, 0) is 11.3 Å². The first kappa shape index (κ1) is 16.0. The van der Waals surface area contributed by atoms with Gasteiger partial charge in [0.05, 0.1) is 10.8 Å². The summed E-state index contributed by atoms with van der Waals surface area (Å²) in [6.07, 6.45) is 0. The molecule has 1 rings (SSSR count). The zero-order valence-corrected chi connectivity index (χ0v) is 11.4. The summed E-state index contributed by atoms with van der Waals surface area (Å²) in [5.41, 5.74) is 0.0169. The summed E-state index contributed by atoms with van der Waals surface area (Å²) >= 11 is 0. The number of carboxylic acids is 1. The number of nitrogens with zero attached hydrogens (tertiary/aromatic N) is 2. The van der Waals surface area contributed by atoms with Gasteiger partial charge in [-0.05, 0) is 18.2 Å². The Morgan fingerprint density at radius 3 is 2.65 bits per heavy atom. The number of halogens is 1. The highest BCUT2D eigenvalue weighted by atomic mass is 19.1. The molecule has 20 heavy (non-hydrogen) atoms. The SMILES string of the molecule is CCN(Cc1ccc([N+](=O)[O-])c(F)c1)CC(C)C(=O)O. The summed E-state index contributed by atoms with van der Waals surface area (Å²) in [7, 11) is 0. The third-order valence-corrected chi connectivity index (χ3v) is 3.02. The Balaban J connectivity index is 2.78. The maximum Gasteiger partial charge on any atom is 0.307 e. The first-order valence-corrected chi connectivity index (χ1v) is 6.23. The van der Waals surface area contributed by atoms with Gasteiger partial charge in [0, 0.05) is 19.2 Å². The van der Waals surface area contributed by atoms with E-state index in [9.17, 15) is 19.3 Å². The van der Waals surface area contributed by atoms with E-state index in [-0.39, 0.29) is 0 Å². The third-order valence-electron chi connectivity index (χ3n) is 3.02. The molecule has 0 amide bonds. The lowest BCUT2D eigenvalue weighted by Gasteiger charge is -2.22. The minimum Gasteiger partial charge on any atom is -0.481 e. The Hall–Kier alpha value is -2.02. The van der Waals surface area contributed by atoms with Gasteiger partial charge in [-0.15, -0.1) is 0 Å². The van der Waals surface area contributed by atoms with Gasteiger partial charge in [-0.1, -0.05) is 19.9 Å². The fraction of sp³-hybridized carbons (Fsp3) is 0.462. The highest BCUT2D eigenvalue weighted by molar-refractivity contribution is 5.69. The van der Waals surface area contributed by atoms with Crippen molar-refractivity contribution in [2.45, 2.75) is 20.4 Å². The number of benzene rings is 1. The highest BCUT2D eigenvalue weighted by Crippen LogP contribution is 2.19. The minimum atomic E-state index is -0.890. The number of carboxylic acid groups (broad SMARTS) is 1. The van der Waals surface area contributed by atoms with Crippen LogP contribution in [-0.4, -0.2) is 34.0 Å². The van der Waals surface area contributed by atoms with Crippen molar-refractivity contribution in [3.63, 3.8) is 0 Å². The molecular weight excluding hydrogens is 267 g/mol. The lowest BCUT2D eigenvalue weighted by atomic mass is 10.1. The van der Waals surface area contributed by atoms with Gasteiger partial charge in [-0.3, -0.25) is 19.8 Å².